The highest BCUT2D eigenvalue weighted by molar-refractivity contribution is 5.90. The van der Waals surface area contributed by atoms with E-state index in [9.17, 15) is 36.6 Å². The van der Waals surface area contributed by atoms with E-state index in [4.69, 9.17) is 4.42 Å². The Morgan fingerprint density at radius 1 is 1.10 bits per heavy atom. The maximum absolute atomic E-state index is 12.9. The van der Waals surface area contributed by atoms with Gasteiger partial charge in [-0.3, -0.25) is 0 Å². The second kappa shape index (κ2) is 8.01. The van der Waals surface area contributed by atoms with Crippen LogP contribution in [-0.4, -0.2) is 29.3 Å². The molecule has 1 unspecified atom stereocenters. The van der Waals surface area contributed by atoms with E-state index in [0.29, 0.717) is 10.9 Å². The van der Waals surface area contributed by atoms with Crippen LogP contribution in [0.4, 0.5) is 22.0 Å². The average molecular weight is 442 g/mol. The van der Waals surface area contributed by atoms with Gasteiger partial charge in [0.2, 0.25) is 0 Å². The van der Waals surface area contributed by atoms with Crippen molar-refractivity contribution < 1.29 is 41.0 Å². The van der Waals surface area contributed by atoms with E-state index in [1.54, 1.807) is 18.2 Å². The zero-order chi connectivity index (χ0) is 23.0. The molecule has 0 spiro atoms. The number of para-hydroxylation sites is 1. The summed E-state index contributed by atoms with van der Waals surface area (Å²) in [6, 6.07) is 11.0. The van der Waals surface area contributed by atoms with E-state index in [2.05, 4.69) is 4.74 Å². The number of ether oxygens (including phenoxy) is 1. The van der Waals surface area contributed by atoms with E-state index >= 15 is 0 Å². The number of halogens is 5. The Bertz CT molecular complexity index is 1170. The molecule has 3 aromatic rings. The van der Waals surface area contributed by atoms with Gasteiger partial charge >= 0.3 is 17.8 Å². The van der Waals surface area contributed by atoms with Gasteiger partial charge in [0.05, 0.1) is 16.5 Å². The van der Waals surface area contributed by atoms with Crippen molar-refractivity contribution in [1.29, 1.82) is 0 Å². The van der Waals surface area contributed by atoms with Gasteiger partial charge in [0.25, 0.3) is 12.0 Å². The van der Waals surface area contributed by atoms with Crippen molar-refractivity contribution in [1.82, 2.24) is 0 Å². The van der Waals surface area contributed by atoms with Crippen LogP contribution in [0.3, 0.4) is 0 Å². The van der Waals surface area contributed by atoms with Crippen LogP contribution in [0.25, 0.3) is 11.0 Å². The van der Waals surface area contributed by atoms with Crippen molar-refractivity contribution in [2.45, 2.75) is 31.5 Å². The summed E-state index contributed by atoms with van der Waals surface area (Å²) in [7, 11) is 0. The number of benzene rings is 2. The van der Waals surface area contributed by atoms with Gasteiger partial charge in [0.1, 0.15) is 11.3 Å². The van der Waals surface area contributed by atoms with Crippen LogP contribution < -0.4 is 5.63 Å². The number of carbonyl (C=O) groups excluding carboxylic acids is 1. The first-order valence-corrected chi connectivity index (χ1v) is 8.85. The normalized spacial score (nSPS) is 13.9. The topological polar surface area (TPSA) is 76.7 Å². The molecule has 0 amide bonds. The molecule has 0 bridgehead atoms. The molecule has 0 saturated carbocycles. The third-order valence-corrected chi connectivity index (χ3v) is 4.73. The highest BCUT2D eigenvalue weighted by Crippen LogP contribution is 2.39. The molecule has 0 saturated heterocycles. The summed E-state index contributed by atoms with van der Waals surface area (Å²) in [5, 5.41) is 10.7. The fraction of sp³-hybridized carbons (Fsp3) is 0.238. The smallest absolute Gasteiger partial charge is 0.433 e. The molecule has 3 rings (SSSR count). The molecule has 31 heavy (non-hydrogen) atoms. The van der Waals surface area contributed by atoms with Crippen molar-refractivity contribution in [3.8, 4) is 5.75 Å². The summed E-state index contributed by atoms with van der Waals surface area (Å²) in [5.41, 5.74) is -4.59. The SMILES string of the molecule is CC(OC(=O)c1ccc(Cc2c(O)c3ccccc3oc2=O)cc1)(C(F)F)C(F)(F)F. The molecule has 0 aliphatic heterocycles. The number of fused-ring (bicyclic) bond motifs is 1. The van der Waals surface area contributed by atoms with Crippen molar-refractivity contribution in [3.63, 3.8) is 0 Å². The largest absolute Gasteiger partial charge is 0.507 e. The van der Waals surface area contributed by atoms with Gasteiger partial charge in [0, 0.05) is 6.42 Å². The second-order valence-corrected chi connectivity index (χ2v) is 6.88. The Morgan fingerprint density at radius 3 is 2.29 bits per heavy atom. The Morgan fingerprint density at radius 2 is 1.71 bits per heavy atom. The molecule has 1 N–H and O–H groups in total. The molecule has 0 fully saturated rings. The number of aromatic hydroxyl groups is 1. The van der Waals surface area contributed by atoms with Crippen LogP contribution >= 0.6 is 0 Å². The predicted molar refractivity (Wildman–Crippen MR) is 99.3 cm³/mol. The zero-order valence-corrected chi connectivity index (χ0v) is 15.9. The maximum Gasteiger partial charge on any atom is 0.433 e. The van der Waals surface area contributed by atoms with E-state index < -0.39 is 35.4 Å². The Labute approximate surface area is 171 Å². The minimum atomic E-state index is -5.47. The van der Waals surface area contributed by atoms with Crippen molar-refractivity contribution in [3.05, 3.63) is 75.6 Å². The highest BCUT2D eigenvalue weighted by Gasteiger charge is 2.61. The van der Waals surface area contributed by atoms with Crippen LogP contribution in [0.15, 0.2) is 57.7 Å². The quantitative estimate of drug-likeness (QED) is 0.348. The van der Waals surface area contributed by atoms with Gasteiger partial charge in [-0.05, 0) is 36.8 Å². The van der Waals surface area contributed by atoms with Gasteiger partial charge in [-0.15, -0.1) is 0 Å². The number of hydrogen-bond donors (Lipinski definition) is 1. The number of esters is 1. The Balaban J connectivity index is 1.84. The Hall–Kier alpha value is -3.43. The van der Waals surface area contributed by atoms with E-state index in [-0.39, 0.29) is 30.2 Å². The molecule has 0 aliphatic rings. The predicted octanol–water partition coefficient (Wildman–Crippen LogP) is 4.83. The fourth-order valence-corrected chi connectivity index (χ4v) is 2.77. The van der Waals surface area contributed by atoms with Gasteiger partial charge in [-0.25, -0.2) is 18.4 Å². The number of rotatable bonds is 5. The first kappa shape index (κ1) is 22.3. The number of hydrogen-bond acceptors (Lipinski definition) is 5. The first-order valence-electron chi connectivity index (χ1n) is 8.85. The maximum atomic E-state index is 12.9. The van der Waals surface area contributed by atoms with Crippen molar-refractivity contribution in [2.75, 3.05) is 0 Å². The lowest BCUT2D eigenvalue weighted by Gasteiger charge is -2.30. The summed E-state index contributed by atoms with van der Waals surface area (Å²) < 4.78 is 73.7. The van der Waals surface area contributed by atoms with Gasteiger partial charge in [-0.1, -0.05) is 24.3 Å². The lowest BCUT2D eigenvalue weighted by molar-refractivity contribution is -0.288. The zero-order valence-electron chi connectivity index (χ0n) is 15.9. The third kappa shape index (κ3) is 4.23. The summed E-state index contributed by atoms with van der Waals surface area (Å²) in [4.78, 5) is 24.1. The molecule has 1 aromatic heterocycles. The van der Waals surface area contributed by atoms with Gasteiger partial charge in [0.15, 0.2) is 0 Å². The molecular formula is C21H15F5O5. The molecule has 1 heterocycles. The Kier molecular flexibility index (Phi) is 5.75. The first-order chi connectivity index (χ1) is 14.4. The fourth-order valence-electron chi connectivity index (χ4n) is 2.77. The molecule has 1 atom stereocenters. The van der Waals surface area contributed by atoms with Crippen LogP contribution in [0.1, 0.15) is 28.4 Å². The van der Waals surface area contributed by atoms with Gasteiger partial charge < -0.3 is 14.3 Å². The van der Waals surface area contributed by atoms with Crippen LogP contribution in [-0.2, 0) is 11.2 Å². The molecule has 0 aliphatic carbocycles. The molecular weight excluding hydrogens is 427 g/mol. The molecule has 5 nitrogen and oxygen atoms in total. The second-order valence-electron chi connectivity index (χ2n) is 6.88. The monoisotopic (exact) mass is 442 g/mol. The number of alkyl halides is 5. The standard InChI is InChI=1S/C21H15F5O5/c1-20(19(22)23,21(24,25)26)31-17(28)12-8-6-11(7-9-12)10-14-16(27)13-4-2-3-5-15(13)30-18(14)29/h2-9,19,27H,10H2,1H3. The lowest BCUT2D eigenvalue weighted by atomic mass is 10.0. The lowest BCUT2D eigenvalue weighted by Crippen LogP contribution is -2.52. The third-order valence-electron chi connectivity index (χ3n) is 4.73. The summed E-state index contributed by atoms with van der Waals surface area (Å²) in [5.74, 6) is -1.87. The van der Waals surface area contributed by atoms with Crippen molar-refractivity contribution in [2.24, 2.45) is 0 Å². The summed E-state index contributed by atoms with van der Waals surface area (Å²) in [6.45, 7) is 0.0890. The molecule has 0 radical (unpaired) electrons. The molecule has 164 valence electrons. The minimum absolute atomic E-state index is 0.0589. The van der Waals surface area contributed by atoms with Crippen LogP contribution in [0.5, 0.6) is 5.75 Å². The molecule has 10 heteroatoms. The van der Waals surface area contributed by atoms with E-state index in [1.807, 2.05) is 0 Å². The van der Waals surface area contributed by atoms with Crippen LogP contribution in [0.2, 0.25) is 0 Å². The summed E-state index contributed by atoms with van der Waals surface area (Å²) >= 11 is 0. The summed E-state index contributed by atoms with van der Waals surface area (Å²) in [6.07, 6.45) is -9.56. The average Bonchev–Trinajstić information content (AvgIpc) is 2.70. The van der Waals surface area contributed by atoms with Crippen molar-refractivity contribution >= 4 is 16.9 Å². The number of carbonyl (C=O) groups is 1. The highest BCUT2D eigenvalue weighted by atomic mass is 19.4. The van der Waals surface area contributed by atoms with E-state index in [1.165, 1.54) is 18.2 Å². The van der Waals surface area contributed by atoms with E-state index in [0.717, 1.165) is 12.1 Å². The van der Waals surface area contributed by atoms with Gasteiger partial charge in [-0.2, -0.15) is 13.2 Å². The minimum Gasteiger partial charge on any atom is -0.507 e. The van der Waals surface area contributed by atoms with Crippen LogP contribution in [0, 0.1) is 0 Å². The molecule has 2 aromatic carbocycles.